The van der Waals surface area contributed by atoms with Gasteiger partial charge in [-0.3, -0.25) is 4.72 Å². The van der Waals surface area contributed by atoms with Crippen molar-refractivity contribution in [1.29, 1.82) is 0 Å². The Kier molecular flexibility index (Phi) is 3.87. The fourth-order valence-corrected chi connectivity index (χ4v) is 3.11. The first-order valence-corrected chi connectivity index (χ1v) is 8.25. The molecule has 0 unspecified atom stereocenters. The van der Waals surface area contributed by atoms with Gasteiger partial charge in [0.25, 0.3) is 10.0 Å². The second kappa shape index (κ2) is 5.85. The first kappa shape index (κ1) is 15.2. The second-order valence-electron chi connectivity index (χ2n) is 4.84. The van der Waals surface area contributed by atoms with Crippen molar-refractivity contribution < 1.29 is 17.2 Å². The molecule has 1 aromatic heterocycles. The van der Waals surface area contributed by atoms with Crippen LogP contribution < -0.4 is 4.72 Å². The van der Waals surface area contributed by atoms with Crippen molar-refractivity contribution in [2.24, 2.45) is 0 Å². The lowest BCUT2D eigenvalue weighted by atomic mass is 10.2. The average Bonchev–Trinajstić information content (AvgIpc) is 2.89. The number of aromatic nitrogens is 1. The van der Waals surface area contributed by atoms with Crippen LogP contribution in [0, 0.1) is 12.7 Å². The van der Waals surface area contributed by atoms with E-state index in [1.165, 1.54) is 36.4 Å². The molecule has 1 heterocycles. The molecule has 0 aliphatic heterocycles. The average molecular weight is 332 g/mol. The standard InChI is InChI=1S/C16H13FN2O3S/c1-11-18-16(15(22-11)12-7-9-13(17)10-8-12)19-23(20,21)14-5-3-2-4-6-14/h2-10,19H,1H3. The van der Waals surface area contributed by atoms with Crippen LogP contribution in [0.15, 0.2) is 63.9 Å². The molecule has 1 N–H and O–H groups in total. The highest BCUT2D eigenvalue weighted by Crippen LogP contribution is 2.30. The van der Waals surface area contributed by atoms with E-state index in [9.17, 15) is 12.8 Å². The van der Waals surface area contributed by atoms with Crippen molar-refractivity contribution in [2.75, 3.05) is 4.72 Å². The number of nitrogens with one attached hydrogen (secondary N) is 1. The molecule has 0 saturated carbocycles. The summed E-state index contributed by atoms with van der Waals surface area (Å²) < 4.78 is 45.7. The van der Waals surface area contributed by atoms with E-state index in [4.69, 9.17) is 4.42 Å². The monoisotopic (exact) mass is 332 g/mol. The number of halogens is 1. The summed E-state index contributed by atoms with van der Waals surface area (Å²) in [6, 6.07) is 13.5. The lowest BCUT2D eigenvalue weighted by molar-refractivity contribution is 0.534. The van der Waals surface area contributed by atoms with Crippen molar-refractivity contribution in [1.82, 2.24) is 4.98 Å². The molecule has 5 nitrogen and oxygen atoms in total. The molecule has 0 bridgehead atoms. The molecule has 0 aliphatic carbocycles. The van der Waals surface area contributed by atoms with Crippen molar-refractivity contribution >= 4 is 15.8 Å². The highest BCUT2D eigenvalue weighted by Gasteiger charge is 2.20. The Labute approximate surface area is 132 Å². The third-order valence-corrected chi connectivity index (χ3v) is 4.48. The van der Waals surface area contributed by atoms with Gasteiger partial charge in [0.05, 0.1) is 4.90 Å². The molecule has 23 heavy (non-hydrogen) atoms. The van der Waals surface area contributed by atoms with Crippen LogP contribution in [0.3, 0.4) is 0 Å². The van der Waals surface area contributed by atoms with Crippen molar-refractivity contribution in [3.8, 4) is 11.3 Å². The van der Waals surface area contributed by atoms with Gasteiger partial charge in [0, 0.05) is 12.5 Å². The van der Waals surface area contributed by atoms with Gasteiger partial charge < -0.3 is 4.42 Å². The number of sulfonamides is 1. The second-order valence-corrected chi connectivity index (χ2v) is 6.52. The summed E-state index contributed by atoms with van der Waals surface area (Å²) >= 11 is 0. The van der Waals surface area contributed by atoms with Crippen molar-refractivity contribution in [2.45, 2.75) is 11.8 Å². The van der Waals surface area contributed by atoms with Crippen LogP contribution in [-0.2, 0) is 10.0 Å². The van der Waals surface area contributed by atoms with Crippen LogP contribution in [0.1, 0.15) is 5.89 Å². The molecule has 0 atom stereocenters. The van der Waals surface area contributed by atoms with Crippen LogP contribution in [-0.4, -0.2) is 13.4 Å². The number of oxazole rings is 1. The fraction of sp³-hybridized carbons (Fsp3) is 0.0625. The SMILES string of the molecule is Cc1nc(NS(=O)(=O)c2ccccc2)c(-c2ccc(F)cc2)o1. The van der Waals surface area contributed by atoms with Gasteiger partial charge in [-0.05, 0) is 36.4 Å². The number of hydrogen-bond donors (Lipinski definition) is 1. The van der Waals surface area contributed by atoms with Gasteiger partial charge in [-0.25, -0.2) is 12.8 Å². The number of aryl methyl sites for hydroxylation is 1. The van der Waals surface area contributed by atoms with E-state index in [1.807, 2.05) is 0 Å². The quantitative estimate of drug-likeness (QED) is 0.792. The van der Waals surface area contributed by atoms with E-state index in [0.717, 1.165) is 0 Å². The highest BCUT2D eigenvalue weighted by atomic mass is 32.2. The maximum Gasteiger partial charge on any atom is 0.263 e. The lowest BCUT2D eigenvalue weighted by Gasteiger charge is -2.06. The summed E-state index contributed by atoms with van der Waals surface area (Å²) in [6.07, 6.45) is 0. The van der Waals surface area contributed by atoms with Gasteiger partial charge >= 0.3 is 0 Å². The van der Waals surface area contributed by atoms with Gasteiger partial charge in [-0.15, -0.1) is 0 Å². The van der Waals surface area contributed by atoms with Crippen LogP contribution in [0.25, 0.3) is 11.3 Å². The third-order valence-electron chi connectivity index (χ3n) is 3.13. The normalized spacial score (nSPS) is 11.4. The molecule has 0 spiro atoms. The minimum atomic E-state index is -3.79. The summed E-state index contributed by atoms with van der Waals surface area (Å²) in [5, 5.41) is 0. The molecular weight excluding hydrogens is 319 g/mol. The predicted molar refractivity (Wildman–Crippen MR) is 83.9 cm³/mol. The van der Waals surface area contributed by atoms with E-state index in [2.05, 4.69) is 9.71 Å². The zero-order valence-corrected chi connectivity index (χ0v) is 13.0. The Balaban J connectivity index is 2.00. The lowest BCUT2D eigenvalue weighted by Crippen LogP contribution is -2.13. The van der Waals surface area contributed by atoms with Gasteiger partial charge in [0.15, 0.2) is 17.5 Å². The van der Waals surface area contributed by atoms with Crippen molar-refractivity contribution in [3.05, 3.63) is 66.3 Å². The number of benzene rings is 2. The fourth-order valence-electron chi connectivity index (χ4n) is 2.08. The maximum absolute atomic E-state index is 13.0. The summed E-state index contributed by atoms with van der Waals surface area (Å²) in [4.78, 5) is 4.19. The molecular formula is C16H13FN2O3S. The molecule has 0 aliphatic rings. The Morgan fingerprint density at radius 2 is 1.70 bits per heavy atom. The minimum absolute atomic E-state index is 0.0676. The van der Waals surface area contributed by atoms with Crippen LogP contribution in [0.2, 0.25) is 0 Å². The zero-order chi connectivity index (χ0) is 16.4. The molecule has 2 aromatic carbocycles. The Bertz CT molecular complexity index is 920. The maximum atomic E-state index is 13.0. The highest BCUT2D eigenvalue weighted by molar-refractivity contribution is 7.92. The van der Waals surface area contributed by atoms with Crippen LogP contribution in [0.4, 0.5) is 10.2 Å². The van der Waals surface area contributed by atoms with E-state index >= 15 is 0 Å². The van der Waals surface area contributed by atoms with Crippen molar-refractivity contribution in [3.63, 3.8) is 0 Å². The number of rotatable bonds is 4. The molecule has 0 radical (unpaired) electrons. The molecule has 118 valence electrons. The van der Waals surface area contributed by atoms with Crippen LogP contribution >= 0.6 is 0 Å². The van der Waals surface area contributed by atoms with E-state index in [-0.39, 0.29) is 16.5 Å². The zero-order valence-electron chi connectivity index (χ0n) is 12.2. The third kappa shape index (κ3) is 3.24. The summed E-state index contributed by atoms with van der Waals surface area (Å²) in [6.45, 7) is 1.60. The Morgan fingerprint density at radius 3 is 2.35 bits per heavy atom. The van der Waals surface area contributed by atoms with E-state index < -0.39 is 15.8 Å². The van der Waals surface area contributed by atoms with E-state index in [1.54, 1.807) is 25.1 Å². The first-order valence-electron chi connectivity index (χ1n) is 6.77. The van der Waals surface area contributed by atoms with Gasteiger partial charge in [-0.1, -0.05) is 18.2 Å². The number of anilines is 1. The Hall–Kier alpha value is -2.67. The summed E-state index contributed by atoms with van der Waals surface area (Å²) in [5.41, 5.74) is 0.526. The molecule has 7 heteroatoms. The predicted octanol–water partition coefficient (Wildman–Crippen LogP) is 3.59. The smallest absolute Gasteiger partial charge is 0.263 e. The van der Waals surface area contributed by atoms with Gasteiger partial charge in [-0.2, -0.15) is 4.98 Å². The van der Waals surface area contributed by atoms with Crippen LogP contribution in [0.5, 0.6) is 0 Å². The first-order chi connectivity index (χ1) is 11.0. The molecule has 0 fully saturated rings. The molecule has 0 saturated heterocycles. The van der Waals surface area contributed by atoms with E-state index in [0.29, 0.717) is 11.5 Å². The van der Waals surface area contributed by atoms with Gasteiger partial charge in [0.1, 0.15) is 5.82 Å². The number of nitrogens with zero attached hydrogens (tertiary/aromatic N) is 1. The largest absolute Gasteiger partial charge is 0.439 e. The van der Waals surface area contributed by atoms with Gasteiger partial charge in [0.2, 0.25) is 0 Å². The Morgan fingerprint density at radius 1 is 1.04 bits per heavy atom. The summed E-state index contributed by atoms with van der Waals surface area (Å²) in [5.74, 6) is 0.214. The number of hydrogen-bond acceptors (Lipinski definition) is 4. The summed E-state index contributed by atoms with van der Waals surface area (Å²) in [7, 11) is -3.79. The molecule has 3 aromatic rings. The molecule has 0 amide bonds. The minimum Gasteiger partial charge on any atom is -0.439 e. The topological polar surface area (TPSA) is 72.2 Å². The molecule has 3 rings (SSSR count).